The second-order valence-electron chi connectivity index (χ2n) is 6.06. The van der Waals surface area contributed by atoms with Crippen LogP contribution in [0.2, 0.25) is 0 Å². The average molecular weight is 379 g/mol. The van der Waals surface area contributed by atoms with Crippen LogP contribution in [0.3, 0.4) is 0 Å². The van der Waals surface area contributed by atoms with Gasteiger partial charge in [0.05, 0.1) is 0 Å². The van der Waals surface area contributed by atoms with Gasteiger partial charge in [-0.1, -0.05) is 41.7 Å². The van der Waals surface area contributed by atoms with Gasteiger partial charge in [-0.05, 0) is 25.8 Å². The van der Waals surface area contributed by atoms with Gasteiger partial charge in [0.15, 0.2) is 0 Å². The van der Waals surface area contributed by atoms with E-state index in [0.29, 0.717) is 23.8 Å². The van der Waals surface area contributed by atoms with Crippen LogP contribution in [-0.4, -0.2) is 35.7 Å². The van der Waals surface area contributed by atoms with E-state index in [0.717, 1.165) is 27.5 Å². The van der Waals surface area contributed by atoms with E-state index in [-0.39, 0.29) is 5.91 Å². The predicted octanol–water partition coefficient (Wildman–Crippen LogP) is 2.83. The van der Waals surface area contributed by atoms with E-state index >= 15 is 0 Å². The van der Waals surface area contributed by atoms with Crippen molar-refractivity contribution in [2.75, 3.05) is 5.32 Å². The highest BCUT2D eigenvalue weighted by atomic mass is 32.1. The molecule has 0 atom stereocenters. The summed E-state index contributed by atoms with van der Waals surface area (Å²) in [4.78, 5) is 20.9. The number of benzene rings is 1. The molecule has 1 N–H and O–H groups in total. The fraction of sp³-hybridized carbons (Fsp3) is 0.222. The molecular weight excluding hydrogens is 362 g/mol. The molecule has 0 aliphatic heterocycles. The molecule has 0 aliphatic carbocycles. The number of aromatic nitrogens is 6. The lowest BCUT2D eigenvalue weighted by molar-refractivity contribution is -0.116. The maximum absolute atomic E-state index is 12.3. The molecule has 0 saturated heterocycles. The predicted molar refractivity (Wildman–Crippen MR) is 103 cm³/mol. The van der Waals surface area contributed by atoms with Gasteiger partial charge < -0.3 is 5.32 Å². The van der Waals surface area contributed by atoms with Gasteiger partial charge in [-0.3, -0.25) is 4.79 Å². The number of nitrogens with one attached hydrogen (secondary N) is 1. The number of carbonyl (C=O) groups excluding carboxylic acids is 1. The summed E-state index contributed by atoms with van der Waals surface area (Å²) in [6.07, 6.45) is 2.37. The van der Waals surface area contributed by atoms with Crippen molar-refractivity contribution in [1.82, 2.24) is 29.8 Å². The normalized spacial score (nSPS) is 11.0. The molecule has 0 aliphatic rings. The lowest BCUT2D eigenvalue weighted by atomic mass is 10.1. The first kappa shape index (κ1) is 17.2. The molecule has 136 valence electrons. The highest BCUT2D eigenvalue weighted by Gasteiger charge is 2.14. The van der Waals surface area contributed by atoms with Gasteiger partial charge in [0.1, 0.15) is 11.3 Å². The van der Waals surface area contributed by atoms with Crippen molar-refractivity contribution in [2.45, 2.75) is 26.7 Å². The summed E-state index contributed by atoms with van der Waals surface area (Å²) >= 11 is 1.36. The summed E-state index contributed by atoms with van der Waals surface area (Å²) < 4.78 is 1.69. The van der Waals surface area contributed by atoms with Crippen LogP contribution in [0.15, 0.2) is 36.7 Å². The first-order valence-electron chi connectivity index (χ1n) is 8.46. The van der Waals surface area contributed by atoms with E-state index in [1.54, 1.807) is 4.52 Å². The Hall–Kier alpha value is -3.20. The van der Waals surface area contributed by atoms with Crippen LogP contribution in [0.5, 0.6) is 0 Å². The summed E-state index contributed by atoms with van der Waals surface area (Å²) in [5, 5.41) is 16.5. The second-order valence-corrected chi connectivity index (χ2v) is 7.04. The fourth-order valence-corrected chi connectivity index (χ4v) is 3.67. The summed E-state index contributed by atoms with van der Waals surface area (Å²) in [5.41, 5.74) is 3.80. The lowest BCUT2D eigenvalue weighted by Crippen LogP contribution is -2.14. The smallest absolute Gasteiger partial charge is 0.252 e. The number of aryl methyl sites for hydroxylation is 2. The SMILES string of the molecule is Cc1nc2ncnn2c(C)c1CCC(=O)Nc1nnc(-c2ccccc2)s1. The van der Waals surface area contributed by atoms with Crippen LogP contribution < -0.4 is 5.32 Å². The highest BCUT2D eigenvalue weighted by molar-refractivity contribution is 7.18. The summed E-state index contributed by atoms with van der Waals surface area (Å²) in [5.74, 6) is 0.462. The first-order valence-corrected chi connectivity index (χ1v) is 9.28. The molecule has 0 unspecified atom stereocenters. The molecule has 0 spiro atoms. The van der Waals surface area contributed by atoms with E-state index in [1.165, 1.54) is 17.7 Å². The zero-order chi connectivity index (χ0) is 18.8. The lowest BCUT2D eigenvalue weighted by Gasteiger charge is -2.09. The Kier molecular flexibility index (Phi) is 4.59. The van der Waals surface area contributed by atoms with Crippen molar-refractivity contribution in [1.29, 1.82) is 0 Å². The monoisotopic (exact) mass is 379 g/mol. The number of amides is 1. The van der Waals surface area contributed by atoms with Crippen molar-refractivity contribution in [3.05, 3.63) is 53.6 Å². The van der Waals surface area contributed by atoms with Crippen LogP contribution in [0, 0.1) is 13.8 Å². The number of anilines is 1. The molecule has 3 aromatic heterocycles. The van der Waals surface area contributed by atoms with Crippen molar-refractivity contribution >= 4 is 28.2 Å². The van der Waals surface area contributed by atoms with Gasteiger partial charge in [0.25, 0.3) is 5.78 Å². The van der Waals surface area contributed by atoms with Gasteiger partial charge in [0, 0.05) is 23.4 Å². The number of hydrogen-bond acceptors (Lipinski definition) is 7. The van der Waals surface area contributed by atoms with Gasteiger partial charge in [-0.25, -0.2) is 9.50 Å². The summed E-state index contributed by atoms with van der Waals surface area (Å²) in [6.45, 7) is 3.88. The molecule has 27 heavy (non-hydrogen) atoms. The Balaban J connectivity index is 1.43. The van der Waals surface area contributed by atoms with E-state index < -0.39 is 0 Å². The molecule has 1 amide bonds. The molecule has 0 saturated carbocycles. The van der Waals surface area contributed by atoms with Crippen molar-refractivity contribution in [3.63, 3.8) is 0 Å². The number of carbonyl (C=O) groups is 1. The minimum atomic E-state index is -0.108. The minimum Gasteiger partial charge on any atom is -0.301 e. The Morgan fingerprint density at radius 1 is 1.19 bits per heavy atom. The maximum atomic E-state index is 12.3. The second kappa shape index (κ2) is 7.20. The van der Waals surface area contributed by atoms with E-state index in [2.05, 4.69) is 30.6 Å². The number of rotatable bonds is 5. The van der Waals surface area contributed by atoms with Gasteiger partial charge >= 0.3 is 0 Å². The molecule has 4 aromatic rings. The van der Waals surface area contributed by atoms with Crippen LogP contribution in [-0.2, 0) is 11.2 Å². The average Bonchev–Trinajstić information content (AvgIpc) is 3.32. The zero-order valence-corrected chi connectivity index (χ0v) is 15.7. The van der Waals surface area contributed by atoms with Gasteiger partial charge in [-0.15, -0.1) is 10.2 Å². The van der Waals surface area contributed by atoms with Crippen LogP contribution in [0.25, 0.3) is 16.3 Å². The summed E-state index contributed by atoms with van der Waals surface area (Å²) in [7, 11) is 0. The third-order valence-corrected chi connectivity index (χ3v) is 5.17. The van der Waals surface area contributed by atoms with E-state index in [1.807, 2.05) is 44.2 Å². The van der Waals surface area contributed by atoms with Gasteiger partial charge in [0.2, 0.25) is 11.0 Å². The Morgan fingerprint density at radius 3 is 2.81 bits per heavy atom. The molecule has 0 radical (unpaired) electrons. The van der Waals surface area contributed by atoms with E-state index in [4.69, 9.17) is 0 Å². The Morgan fingerprint density at radius 2 is 2.00 bits per heavy atom. The third-order valence-electron chi connectivity index (χ3n) is 4.28. The minimum absolute atomic E-state index is 0.108. The molecule has 0 fully saturated rings. The zero-order valence-electron chi connectivity index (χ0n) is 14.9. The Bertz CT molecular complexity index is 1100. The standard InChI is InChI=1S/C18H17N7OS/c1-11-14(12(2)25-17(21-11)19-10-20-25)8-9-15(26)22-18-24-23-16(27-18)13-6-4-3-5-7-13/h3-7,10H,8-9H2,1-2H3,(H,22,24,26). The third kappa shape index (κ3) is 3.54. The largest absolute Gasteiger partial charge is 0.301 e. The van der Waals surface area contributed by atoms with Crippen LogP contribution in [0.4, 0.5) is 5.13 Å². The number of fused-ring (bicyclic) bond motifs is 1. The molecule has 9 heteroatoms. The highest BCUT2D eigenvalue weighted by Crippen LogP contribution is 2.26. The quantitative estimate of drug-likeness (QED) is 0.573. The molecule has 3 heterocycles. The molecule has 0 bridgehead atoms. The summed E-state index contributed by atoms with van der Waals surface area (Å²) in [6, 6.07) is 9.76. The van der Waals surface area contributed by atoms with Crippen molar-refractivity contribution < 1.29 is 4.79 Å². The Labute approximate surface area is 159 Å². The van der Waals surface area contributed by atoms with Crippen LogP contribution >= 0.6 is 11.3 Å². The fourth-order valence-electron chi connectivity index (χ4n) is 2.91. The molecule has 4 rings (SSSR count). The maximum Gasteiger partial charge on any atom is 0.252 e. The van der Waals surface area contributed by atoms with E-state index in [9.17, 15) is 4.79 Å². The van der Waals surface area contributed by atoms with Gasteiger partial charge in [-0.2, -0.15) is 10.1 Å². The van der Waals surface area contributed by atoms with Crippen LogP contribution in [0.1, 0.15) is 23.4 Å². The molecule has 8 nitrogen and oxygen atoms in total. The number of nitrogens with zero attached hydrogens (tertiary/aromatic N) is 6. The van der Waals surface area contributed by atoms with Crippen molar-refractivity contribution in [2.24, 2.45) is 0 Å². The molecule has 1 aromatic carbocycles. The molecular formula is C18H17N7OS. The first-order chi connectivity index (χ1) is 13.1. The number of hydrogen-bond donors (Lipinski definition) is 1. The van der Waals surface area contributed by atoms with Crippen molar-refractivity contribution in [3.8, 4) is 10.6 Å². The topological polar surface area (TPSA) is 98.0 Å².